The third-order valence-corrected chi connectivity index (χ3v) is 11.4. The zero-order chi connectivity index (χ0) is 33.5. The van der Waals surface area contributed by atoms with E-state index in [1.165, 1.54) is 72.3 Å². The molecule has 4 aromatic carbocycles. The second-order valence-electron chi connectivity index (χ2n) is 16.3. The zero-order valence-electron chi connectivity index (χ0n) is 29.8. The molecule has 0 radical (unpaired) electrons. The quantitative estimate of drug-likeness (QED) is 0.193. The van der Waals surface area contributed by atoms with Gasteiger partial charge in [-0.25, -0.2) is 0 Å². The highest BCUT2D eigenvalue weighted by molar-refractivity contribution is 6.09. The Balaban J connectivity index is 1.29. The lowest BCUT2D eigenvalue weighted by atomic mass is 9.74. The highest BCUT2D eigenvalue weighted by Gasteiger charge is 2.43. The molecular weight excluding hydrogens is 581 g/mol. The molecule has 8 rings (SSSR count). The molecule has 0 saturated heterocycles. The molecule has 0 fully saturated rings. The zero-order valence-corrected chi connectivity index (χ0v) is 29.8. The summed E-state index contributed by atoms with van der Waals surface area (Å²) in [4.78, 5) is 2.72. The normalized spacial score (nSPS) is 20.9. The minimum absolute atomic E-state index is 0.0985. The molecule has 1 aromatic heterocycles. The van der Waals surface area contributed by atoms with Gasteiger partial charge in [0.15, 0.2) is 0 Å². The molecule has 3 unspecified atom stereocenters. The Labute approximate surface area is 286 Å². The predicted molar refractivity (Wildman–Crippen MR) is 206 cm³/mol. The Bertz CT molecular complexity index is 2160. The van der Waals surface area contributed by atoms with Crippen LogP contribution >= 0.6 is 0 Å². The summed E-state index contributed by atoms with van der Waals surface area (Å²) in [5.74, 6) is 0.870. The number of aromatic nitrogens is 1. The van der Waals surface area contributed by atoms with Gasteiger partial charge in [-0.1, -0.05) is 133 Å². The van der Waals surface area contributed by atoms with Gasteiger partial charge in [0.05, 0.1) is 17.1 Å². The number of rotatable bonds is 3. The van der Waals surface area contributed by atoms with Gasteiger partial charge in [0.2, 0.25) is 0 Å². The van der Waals surface area contributed by atoms with E-state index in [0.717, 1.165) is 6.42 Å². The van der Waals surface area contributed by atoms with Crippen molar-refractivity contribution in [3.63, 3.8) is 0 Å². The Hall–Kier alpha value is -4.56. The summed E-state index contributed by atoms with van der Waals surface area (Å²) in [6, 6.07) is 31.7. The fourth-order valence-corrected chi connectivity index (χ4v) is 8.53. The van der Waals surface area contributed by atoms with Gasteiger partial charge in [-0.15, -0.1) is 0 Å². The van der Waals surface area contributed by atoms with Crippen molar-refractivity contribution < 1.29 is 0 Å². The third kappa shape index (κ3) is 4.75. The van der Waals surface area contributed by atoms with Crippen LogP contribution in [-0.4, -0.2) is 10.6 Å². The van der Waals surface area contributed by atoms with Gasteiger partial charge in [-0.3, -0.25) is 0 Å². The van der Waals surface area contributed by atoms with E-state index in [1.807, 2.05) is 0 Å². The van der Waals surface area contributed by atoms with Gasteiger partial charge in [0.1, 0.15) is 0 Å². The number of benzene rings is 4. The average molecular weight is 629 g/mol. The first kappa shape index (κ1) is 30.8. The molecule has 242 valence electrons. The van der Waals surface area contributed by atoms with Crippen molar-refractivity contribution in [2.75, 3.05) is 4.90 Å². The lowest BCUT2D eigenvalue weighted by Gasteiger charge is -2.37. The second kappa shape index (κ2) is 11.0. The van der Waals surface area contributed by atoms with Crippen LogP contribution in [0.3, 0.4) is 0 Å². The van der Waals surface area contributed by atoms with Crippen molar-refractivity contribution in [2.45, 2.75) is 67.9 Å². The molecule has 5 aromatic rings. The lowest BCUT2D eigenvalue weighted by Crippen LogP contribution is -2.35. The highest BCUT2D eigenvalue weighted by atomic mass is 15.2. The van der Waals surface area contributed by atoms with Gasteiger partial charge in [0.25, 0.3) is 0 Å². The molecule has 1 aliphatic heterocycles. The van der Waals surface area contributed by atoms with Crippen LogP contribution in [0.5, 0.6) is 0 Å². The molecule has 0 saturated carbocycles. The smallest absolute Gasteiger partial charge is 0.0629 e. The molecule has 2 nitrogen and oxygen atoms in total. The molecule has 0 bridgehead atoms. The molecule has 2 heterocycles. The largest absolute Gasteiger partial charge is 0.337 e. The van der Waals surface area contributed by atoms with Gasteiger partial charge < -0.3 is 9.47 Å². The van der Waals surface area contributed by atoms with E-state index in [1.54, 1.807) is 0 Å². The highest BCUT2D eigenvalue weighted by Crippen LogP contribution is 2.51. The standard InChI is InChI=1S/C46H48N2/c1-29-33(17-13-21-39(29)47-41-19-11-9-15-35(41)36-16-10-12-20-42(36)47)34-18-14-22-40(30(34)2)48-43-27-31(45(3,4)5)23-25-37(43)38-26-24-32(28-44(38)48)46(6,7)8/h9-27,32,37,43H,28H2,1-8H3. The maximum Gasteiger partial charge on any atom is 0.0629 e. The van der Waals surface area contributed by atoms with E-state index in [-0.39, 0.29) is 16.9 Å². The number of nitrogens with zero attached hydrogens (tertiary/aromatic N) is 2. The van der Waals surface area contributed by atoms with Crippen molar-refractivity contribution in [3.05, 3.63) is 143 Å². The first-order chi connectivity index (χ1) is 22.9. The fourth-order valence-electron chi connectivity index (χ4n) is 8.53. The SMILES string of the molecule is Cc1c(-c2cccc(-n3c4ccccc4c4ccccc43)c2C)cccc1N1C2=C(C=CC(C(C)(C)C)C2)C2C=CC(C(C)(C)C)=CC21. The molecular formula is C46H48N2. The van der Waals surface area contributed by atoms with Crippen LogP contribution in [0.25, 0.3) is 38.6 Å². The third-order valence-electron chi connectivity index (χ3n) is 11.4. The first-order valence-corrected chi connectivity index (χ1v) is 17.7. The van der Waals surface area contributed by atoms with Crippen LogP contribution < -0.4 is 4.90 Å². The Kier molecular flexibility index (Phi) is 7.04. The van der Waals surface area contributed by atoms with Gasteiger partial charge in [0, 0.05) is 33.8 Å². The van der Waals surface area contributed by atoms with E-state index in [4.69, 9.17) is 0 Å². The maximum absolute atomic E-state index is 2.72. The summed E-state index contributed by atoms with van der Waals surface area (Å²) >= 11 is 0. The minimum atomic E-state index is 0.0985. The molecule has 48 heavy (non-hydrogen) atoms. The summed E-state index contributed by atoms with van der Waals surface area (Å²) in [7, 11) is 0. The number of para-hydroxylation sites is 2. The summed E-state index contributed by atoms with van der Waals surface area (Å²) < 4.78 is 2.46. The monoisotopic (exact) mass is 628 g/mol. The van der Waals surface area contributed by atoms with E-state index >= 15 is 0 Å². The molecule has 3 atom stereocenters. The van der Waals surface area contributed by atoms with Crippen LogP contribution in [0.2, 0.25) is 0 Å². The molecule has 2 heteroatoms. The Morgan fingerprint density at radius 2 is 1.21 bits per heavy atom. The number of allylic oxidation sites excluding steroid dienone is 5. The van der Waals surface area contributed by atoms with E-state index < -0.39 is 0 Å². The van der Waals surface area contributed by atoms with Crippen LogP contribution in [-0.2, 0) is 0 Å². The maximum atomic E-state index is 2.72. The van der Waals surface area contributed by atoms with Gasteiger partial charge >= 0.3 is 0 Å². The number of fused-ring (bicyclic) bond motifs is 5. The van der Waals surface area contributed by atoms with Crippen molar-refractivity contribution >= 4 is 27.5 Å². The van der Waals surface area contributed by atoms with Crippen LogP contribution in [0.15, 0.2) is 132 Å². The van der Waals surface area contributed by atoms with E-state index in [2.05, 4.69) is 180 Å². The second-order valence-corrected chi connectivity index (χ2v) is 16.3. The molecule has 2 aliphatic carbocycles. The summed E-state index contributed by atoms with van der Waals surface area (Å²) in [6.45, 7) is 18.8. The van der Waals surface area contributed by atoms with Gasteiger partial charge in [-0.2, -0.15) is 0 Å². The number of hydrogen-bond donors (Lipinski definition) is 0. The van der Waals surface area contributed by atoms with Crippen molar-refractivity contribution in [2.24, 2.45) is 22.7 Å². The topological polar surface area (TPSA) is 8.17 Å². The van der Waals surface area contributed by atoms with Crippen molar-refractivity contribution in [3.8, 4) is 16.8 Å². The Morgan fingerprint density at radius 3 is 1.81 bits per heavy atom. The van der Waals surface area contributed by atoms with Gasteiger partial charge in [-0.05, 0) is 94.7 Å². The van der Waals surface area contributed by atoms with Crippen LogP contribution in [0.1, 0.15) is 59.1 Å². The molecule has 0 amide bonds. The predicted octanol–water partition coefficient (Wildman–Crippen LogP) is 12.3. The van der Waals surface area contributed by atoms with Crippen LogP contribution in [0.4, 0.5) is 5.69 Å². The minimum Gasteiger partial charge on any atom is -0.337 e. The van der Waals surface area contributed by atoms with E-state index in [0.29, 0.717) is 11.8 Å². The van der Waals surface area contributed by atoms with E-state index in [9.17, 15) is 0 Å². The molecule has 0 N–H and O–H groups in total. The van der Waals surface area contributed by atoms with Crippen molar-refractivity contribution in [1.82, 2.24) is 4.57 Å². The lowest BCUT2D eigenvalue weighted by molar-refractivity contribution is 0.288. The summed E-state index contributed by atoms with van der Waals surface area (Å²) in [6.07, 6.45) is 13.5. The number of anilines is 1. The summed E-state index contributed by atoms with van der Waals surface area (Å²) in [5.41, 5.74) is 15.0. The molecule has 0 spiro atoms. The van der Waals surface area contributed by atoms with Crippen molar-refractivity contribution in [1.29, 1.82) is 0 Å². The average Bonchev–Trinajstić information content (AvgIpc) is 3.57. The van der Waals surface area contributed by atoms with Crippen LogP contribution in [0, 0.1) is 36.5 Å². The fraction of sp³-hybridized carbons (Fsp3) is 0.304. The summed E-state index contributed by atoms with van der Waals surface area (Å²) in [5, 5.41) is 2.59. The number of hydrogen-bond acceptors (Lipinski definition) is 1. The first-order valence-electron chi connectivity index (χ1n) is 17.7. The Morgan fingerprint density at radius 1 is 0.625 bits per heavy atom. The molecule has 3 aliphatic rings.